The molecule has 0 spiro atoms. The van der Waals surface area contributed by atoms with E-state index in [9.17, 15) is 4.79 Å². The lowest BCUT2D eigenvalue weighted by Crippen LogP contribution is -2.36. The Bertz CT molecular complexity index is 1380. The number of carbonyl (C=O) groups excluding carboxylic acids is 1. The van der Waals surface area contributed by atoms with Crippen LogP contribution in [0.4, 0.5) is 10.5 Å². The van der Waals surface area contributed by atoms with Gasteiger partial charge in [-0.15, -0.1) is 11.8 Å². The highest BCUT2D eigenvalue weighted by molar-refractivity contribution is 7.98. The minimum Gasteiger partial charge on any atom is -0.493 e. The highest BCUT2D eigenvalue weighted by Crippen LogP contribution is 2.30. The molecule has 0 aromatic heterocycles. The number of anilines is 1. The SMILES string of the molecule is COc1ccc(CN(CCc2ccc(Cl)cc2Cl)C(=O)Nc2ccc(SC)cc2)cc1OCc1ccccc1. The van der Waals surface area contributed by atoms with Crippen LogP contribution < -0.4 is 14.8 Å². The summed E-state index contributed by atoms with van der Waals surface area (Å²) in [6.07, 6.45) is 2.59. The average molecular weight is 582 g/mol. The summed E-state index contributed by atoms with van der Waals surface area (Å²) in [5, 5.41) is 4.18. The van der Waals surface area contributed by atoms with Crippen molar-refractivity contribution in [1.82, 2.24) is 4.90 Å². The second-order valence-corrected chi connectivity index (χ2v) is 10.5. The summed E-state index contributed by atoms with van der Waals surface area (Å²) in [5.41, 5.74) is 3.62. The summed E-state index contributed by atoms with van der Waals surface area (Å²) >= 11 is 14.1. The molecule has 5 nitrogen and oxygen atoms in total. The summed E-state index contributed by atoms with van der Waals surface area (Å²) in [5.74, 6) is 1.25. The lowest BCUT2D eigenvalue weighted by Gasteiger charge is -2.24. The van der Waals surface area contributed by atoms with Gasteiger partial charge in [-0.3, -0.25) is 0 Å². The van der Waals surface area contributed by atoms with E-state index in [0.717, 1.165) is 27.3 Å². The number of amides is 2. The number of rotatable bonds is 11. The predicted octanol–water partition coefficient (Wildman–Crippen LogP) is 8.58. The Morgan fingerprint density at radius 2 is 1.67 bits per heavy atom. The van der Waals surface area contributed by atoms with Crippen LogP contribution in [-0.2, 0) is 19.6 Å². The highest BCUT2D eigenvalue weighted by Gasteiger charge is 2.17. The fourth-order valence-corrected chi connectivity index (χ4v) is 4.91. The van der Waals surface area contributed by atoms with E-state index < -0.39 is 0 Å². The number of urea groups is 1. The number of carbonyl (C=O) groups is 1. The van der Waals surface area contributed by atoms with Gasteiger partial charge < -0.3 is 19.7 Å². The molecule has 2 amide bonds. The molecule has 0 saturated heterocycles. The Morgan fingerprint density at radius 3 is 2.36 bits per heavy atom. The molecule has 0 radical (unpaired) electrons. The zero-order valence-corrected chi connectivity index (χ0v) is 24.2. The number of hydrogen-bond acceptors (Lipinski definition) is 4. The zero-order chi connectivity index (χ0) is 27.6. The molecule has 0 fully saturated rings. The third-order valence-electron chi connectivity index (χ3n) is 6.13. The Balaban J connectivity index is 1.53. The van der Waals surface area contributed by atoms with Gasteiger partial charge in [0.25, 0.3) is 0 Å². The van der Waals surface area contributed by atoms with E-state index in [1.54, 1.807) is 35.9 Å². The second kappa shape index (κ2) is 14.2. The van der Waals surface area contributed by atoms with E-state index in [1.165, 1.54) is 0 Å². The molecule has 4 rings (SSSR count). The topological polar surface area (TPSA) is 50.8 Å². The monoisotopic (exact) mass is 580 g/mol. The molecule has 0 aliphatic rings. The molecule has 8 heteroatoms. The summed E-state index contributed by atoms with van der Waals surface area (Å²) < 4.78 is 11.6. The number of nitrogens with zero attached hydrogens (tertiary/aromatic N) is 1. The van der Waals surface area contributed by atoms with Crippen LogP contribution in [0.1, 0.15) is 16.7 Å². The lowest BCUT2D eigenvalue weighted by molar-refractivity contribution is 0.209. The Labute approximate surface area is 244 Å². The first kappa shape index (κ1) is 28.7. The predicted molar refractivity (Wildman–Crippen MR) is 162 cm³/mol. The standard InChI is InChI=1S/C31H30Cl2N2O3S/c1-37-29-15-8-23(18-30(29)38-21-22-6-4-3-5-7-22)20-35(17-16-24-9-10-25(32)19-28(24)33)31(36)34-26-11-13-27(39-2)14-12-26/h3-15,18-19H,16-17,20-21H2,1-2H3,(H,34,36). The first-order chi connectivity index (χ1) is 18.9. The van der Waals surface area contributed by atoms with Crippen molar-refractivity contribution in [3.63, 3.8) is 0 Å². The van der Waals surface area contributed by atoms with Crippen LogP contribution >= 0.6 is 35.0 Å². The molecule has 0 unspecified atom stereocenters. The smallest absolute Gasteiger partial charge is 0.322 e. The number of nitrogens with one attached hydrogen (secondary N) is 1. The van der Waals surface area contributed by atoms with Crippen LogP contribution in [0.5, 0.6) is 11.5 Å². The summed E-state index contributed by atoms with van der Waals surface area (Å²) in [4.78, 5) is 16.3. The number of hydrogen-bond donors (Lipinski definition) is 1. The maximum Gasteiger partial charge on any atom is 0.322 e. The van der Waals surface area contributed by atoms with E-state index in [1.807, 2.05) is 85.1 Å². The van der Waals surface area contributed by atoms with Gasteiger partial charge in [0, 0.05) is 33.7 Å². The fourth-order valence-electron chi connectivity index (χ4n) is 4.00. The van der Waals surface area contributed by atoms with Crippen LogP contribution in [0.15, 0.2) is 95.9 Å². The van der Waals surface area contributed by atoms with Crippen molar-refractivity contribution in [1.29, 1.82) is 0 Å². The van der Waals surface area contributed by atoms with Crippen LogP contribution in [0.25, 0.3) is 0 Å². The molecular weight excluding hydrogens is 551 g/mol. The number of methoxy groups -OCH3 is 1. The van der Waals surface area contributed by atoms with E-state index in [-0.39, 0.29) is 6.03 Å². The van der Waals surface area contributed by atoms with Crippen molar-refractivity contribution in [2.45, 2.75) is 24.5 Å². The van der Waals surface area contributed by atoms with Gasteiger partial charge in [-0.25, -0.2) is 4.79 Å². The molecule has 0 bridgehead atoms. The highest BCUT2D eigenvalue weighted by atomic mass is 35.5. The maximum absolute atomic E-state index is 13.5. The molecule has 4 aromatic carbocycles. The van der Waals surface area contributed by atoms with Gasteiger partial charge in [-0.05, 0) is 77.9 Å². The van der Waals surface area contributed by atoms with Gasteiger partial charge in [0.05, 0.1) is 7.11 Å². The molecule has 0 aliphatic heterocycles. The van der Waals surface area contributed by atoms with Crippen molar-refractivity contribution in [3.05, 3.63) is 118 Å². The minimum atomic E-state index is -0.209. The fraction of sp³-hybridized carbons (Fsp3) is 0.194. The molecule has 0 aliphatic carbocycles. The van der Waals surface area contributed by atoms with Crippen LogP contribution in [0.2, 0.25) is 10.0 Å². The van der Waals surface area contributed by atoms with E-state index in [2.05, 4.69) is 5.32 Å². The van der Waals surface area contributed by atoms with E-state index >= 15 is 0 Å². The third-order valence-corrected chi connectivity index (χ3v) is 7.46. The zero-order valence-electron chi connectivity index (χ0n) is 21.8. The van der Waals surface area contributed by atoms with Crippen molar-refractivity contribution >= 4 is 46.7 Å². The number of benzene rings is 4. The Kier molecular flexibility index (Phi) is 10.4. The average Bonchev–Trinajstić information content (AvgIpc) is 2.96. The van der Waals surface area contributed by atoms with Crippen molar-refractivity contribution in [2.75, 3.05) is 25.2 Å². The van der Waals surface area contributed by atoms with Crippen molar-refractivity contribution < 1.29 is 14.3 Å². The number of halogens is 2. The van der Waals surface area contributed by atoms with Crippen LogP contribution in [0.3, 0.4) is 0 Å². The number of thioether (sulfide) groups is 1. The van der Waals surface area contributed by atoms with Crippen LogP contribution in [0, 0.1) is 0 Å². The van der Waals surface area contributed by atoms with Gasteiger partial charge >= 0.3 is 6.03 Å². The Hall–Kier alpha value is -3.32. The van der Waals surface area contributed by atoms with Gasteiger partial charge in [0.15, 0.2) is 11.5 Å². The van der Waals surface area contributed by atoms with Gasteiger partial charge in [-0.1, -0.05) is 65.7 Å². The summed E-state index contributed by atoms with van der Waals surface area (Å²) in [7, 11) is 1.61. The summed E-state index contributed by atoms with van der Waals surface area (Å²) in [6.45, 7) is 1.22. The summed E-state index contributed by atoms with van der Waals surface area (Å²) in [6, 6.07) is 28.7. The Morgan fingerprint density at radius 1 is 0.897 bits per heavy atom. The first-order valence-corrected chi connectivity index (χ1v) is 14.4. The minimum absolute atomic E-state index is 0.209. The first-order valence-electron chi connectivity index (χ1n) is 12.4. The van der Waals surface area contributed by atoms with Gasteiger partial charge in [0.1, 0.15) is 6.61 Å². The molecule has 0 atom stereocenters. The lowest BCUT2D eigenvalue weighted by atomic mass is 10.1. The van der Waals surface area contributed by atoms with Crippen molar-refractivity contribution in [2.24, 2.45) is 0 Å². The molecule has 0 saturated carbocycles. The molecule has 39 heavy (non-hydrogen) atoms. The van der Waals surface area contributed by atoms with Gasteiger partial charge in [0.2, 0.25) is 0 Å². The molecule has 1 N–H and O–H groups in total. The largest absolute Gasteiger partial charge is 0.493 e. The van der Waals surface area contributed by atoms with E-state index in [4.69, 9.17) is 32.7 Å². The number of ether oxygens (including phenoxy) is 2. The maximum atomic E-state index is 13.5. The second-order valence-electron chi connectivity index (χ2n) is 8.83. The molecule has 4 aromatic rings. The molecule has 0 heterocycles. The quantitative estimate of drug-likeness (QED) is 0.180. The molecule has 202 valence electrons. The van der Waals surface area contributed by atoms with Gasteiger partial charge in [-0.2, -0.15) is 0 Å². The van der Waals surface area contributed by atoms with Crippen molar-refractivity contribution in [3.8, 4) is 11.5 Å². The normalized spacial score (nSPS) is 10.7. The van der Waals surface area contributed by atoms with Crippen LogP contribution in [-0.4, -0.2) is 30.8 Å². The molecular formula is C31H30Cl2N2O3S. The van der Waals surface area contributed by atoms with E-state index in [0.29, 0.717) is 47.7 Å². The third kappa shape index (κ3) is 8.33.